The van der Waals surface area contributed by atoms with Gasteiger partial charge in [0.05, 0.1) is 36.0 Å². The van der Waals surface area contributed by atoms with E-state index in [1.807, 2.05) is 36.9 Å². The molecule has 1 aliphatic heterocycles. The Kier molecular flexibility index (Phi) is 5.05. The lowest BCUT2D eigenvalue weighted by Gasteiger charge is -2.14. The Balaban J connectivity index is 1.32. The third-order valence-corrected chi connectivity index (χ3v) is 5.16. The first-order chi connectivity index (χ1) is 13.1. The van der Waals surface area contributed by atoms with Crippen molar-refractivity contribution in [1.82, 2.24) is 25.1 Å². The molecule has 7 nitrogen and oxygen atoms in total. The predicted octanol–water partition coefficient (Wildman–Crippen LogP) is 2.97. The topological polar surface area (TPSA) is 69.2 Å². The van der Waals surface area contributed by atoms with Crippen LogP contribution in [0.15, 0.2) is 35.0 Å². The van der Waals surface area contributed by atoms with Crippen LogP contribution in [0, 0.1) is 20.8 Å². The van der Waals surface area contributed by atoms with Crippen LogP contribution >= 0.6 is 0 Å². The molecule has 1 atom stereocenters. The van der Waals surface area contributed by atoms with Crippen molar-refractivity contribution in [3.63, 3.8) is 0 Å². The van der Waals surface area contributed by atoms with E-state index in [0.717, 1.165) is 54.5 Å². The Labute approximate surface area is 158 Å². The zero-order chi connectivity index (χ0) is 18.8. The molecule has 0 saturated carbocycles. The average Bonchev–Trinajstić information content (AvgIpc) is 3.37. The van der Waals surface area contributed by atoms with E-state index in [1.165, 1.54) is 5.56 Å². The van der Waals surface area contributed by atoms with Crippen molar-refractivity contribution in [2.45, 2.75) is 46.4 Å². The van der Waals surface area contributed by atoms with Crippen molar-refractivity contribution in [2.75, 3.05) is 13.1 Å². The molecule has 1 fully saturated rings. The number of benzene rings is 1. The smallest absolute Gasteiger partial charge is 0.139 e. The molecule has 0 bridgehead atoms. The van der Waals surface area contributed by atoms with Gasteiger partial charge in [-0.25, -0.2) is 4.68 Å². The number of likely N-dealkylation sites (tertiary alicyclic amines) is 1. The Morgan fingerprint density at radius 3 is 2.85 bits per heavy atom. The maximum Gasteiger partial charge on any atom is 0.139 e. The van der Waals surface area contributed by atoms with Crippen molar-refractivity contribution >= 4 is 0 Å². The molecule has 3 heterocycles. The number of aryl methyl sites for hydroxylation is 3. The summed E-state index contributed by atoms with van der Waals surface area (Å²) in [6.07, 6.45) is 3.26. The van der Waals surface area contributed by atoms with Gasteiger partial charge in [-0.15, -0.1) is 5.10 Å². The van der Waals surface area contributed by atoms with E-state index in [1.54, 1.807) is 0 Å². The summed E-state index contributed by atoms with van der Waals surface area (Å²) in [6, 6.07) is 8.19. The molecule has 0 amide bonds. The molecule has 3 aromatic rings. The molecular formula is C20H25N5O2. The summed E-state index contributed by atoms with van der Waals surface area (Å²) in [5.74, 6) is 0.843. The average molecular weight is 367 g/mol. The van der Waals surface area contributed by atoms with E-state index >= 15 is 0 Å². The van der Waals surface area contributed by atoms with Gasteiger partial charge in [0.1, 0.15) is 5.76 Å². The first kappa shape index (κ1) is 17.9. The maximum absolute atomic E-state index is 6.08. The SMILES string of the molecule is Cc1ccccc1-n1cc(CN2CCC(OCc3c(C)noc3C)C2)nn1. The van der Waals surface area contributed by atoms with E-state index in [9.17, 15) is 0 Å². The van der Waals surface area contributed by atoms with E-state index in [4.69, 9.17) is 9.26 Å². The summed E-state index contributed by atoms with van der Waals surface area (Å²) in [7, 11) is 0. The molecule has 0 aliphatic carbocycles. The number of rotatable bonds is 6. The van der Waals surface area contributed by atoms with Gasteiger partial charge in [-0.2, -0.15) is 0 Å². The van der Waals surface area contributed by atoms with Crippen LogP contribution in [0.3, 0.4) is 0 Å². The van der Waals surface area contributed by atoms with Crippen LogP contribution in [0.1, 0.15) is 34.7 Å². The summed E-state index contributed by atoms with van der Waals surface area (Å²) >= 11 is 0. The molecule has 1 unspecified atom stereocenters. The lowest BCUT2D eigenvalue weighted by molar-refractivity contribution is 0.0452. The summed E-state index contributed by atoms with van der Waals surface area (Å²) in [6.45, 7) is 9.22. The molecule has 27 heavy (non-hydrogen) atoms. The van der Waals surface area contributed by atoms with Crippen molar-refractivity contribution in [3.8, 4) is 5.69 Å². The van der Waals surface area contributed by atoms with Crippen LogP contribution in [-0.2, 0) is 17.9 Å². The second kappa shape index (κ2) is 7.62. The maximum atomic E-state index is 6.08. The van der Waals surface area contributed by atoms with Gasteiger partial charge in [0.2, 0.25) is 0 Å². The number of ether oxygens (including phenoxy) is 1. The largest absolute Gasteiger partial charge is 0.372 e. The molecule has 0 spiro atoms. The highest BCUT2D eigenvalue weighted by Crippen LogP contribution is 2.20. The first-order valence-electron chi connectivity index (χ1n) is 9.33. The normalized spacial score (nSPS) is 17.7. The summed E-state index contributed by atoms with van der Waals surface area (Å²) in [5.41, 5.74) is 5.20. The Morgan fingerprint density at radius 1 is 1.22 bits per heavy atom. The molecule has 0 N–H and O–H groups in total. The van der Waals surface area contributed by atoms with Crippen LogP contribution in [0.5, 0.6) is 0 Å². The van der Waals surface area contributed by atoms with Crippen molar-refractivity contribution < 1.29 is 9.26 Å². The van der Waals surface area contributed by atoms with Gasteiger partial charge in [-0.05, 0) is 38.8 Å². The van der Waals surface area contributed by atoms with Crippen molar-refractivity contribution in [3.05, 3.63) is 58.7 Å². The fourth-order valence-corrected chi connectivity index (χ4v) is 3.52. The fraction of sp³-hybridized carbons (Fsp3) is 0.450. The van der Waals surface area contributed by atoms with Crippen molar-refractivity contribution in [2.24, 2.45) is 0 Å². The molecule has 142 valence electrons. The van der Waals surface area contributed by atoms with Gasteiger partial charge < -0.3 is 9.26 Å². The molecule has 7 heteroatoms. The minimum atomic E-state index is 0.227. The minimum Gasteiger partial charge on any atom is -0.372 e. The Bertz CT molecular complexity index is 897. The molecule has 4 rings (SSSR count). The standard InChI is InChI=1S/C20H25N5O2/c1-14-6-4-5-7-20(14)25-11-17(21-23-25)10-24-9-8-18(12-24)26-13-19-15(2)22-27-16(19)3/h4-7,11,18H,8-10,12-13H2,1-3H3. The lowest BCUT2D eigenvalue weighted by Crippen LogP contribution is -2.23. The van der Waals surface area contributed by atoms with Gasteiger partial charge in [0.25, 0.3) is 0 Å². The van der Waals surface area contributed by atoms with Gasteiger partial charge in [-0.3, -0.25) is 4.90 Å². The summed E-state index contributed by atoms with van der Waals surface area (Å²) in [4.78, 5) is 2.37. The van der Waals surface area contributed by atoms with Crippen LogP contribution < -0.4 is 0 Å². The predicted molar refractivity (Wildman–Crippen MR) is 101 cm³/mol. The van der Waals surface area contributed by atoms with E-state index in [-0.39, 0.29) is 6.10 Å². The van der Waals surface area contributed by atoms with E-state index < -0.39 is 0 Å². The monoisotopic (exact) mass is 367 g/mol. The number of hydrogen-bond acceptors (Lipinski definition) is 6. The highest BCUT2D eigenvalue weighted by molar-refractivity contribution is 5.38. The van der Waals surface area contributed by atoms with Crippen LogP contribution in [-0.4, -0.2) is 44.2 Å². The third kappa shape index (κ3) is 3.94. The number of hydrogen-bond donors (Lipinski definition) is 0. The molecule has 2 aromatic heterocycles. The van der Waals surface area contributed by atoms with Crippen LogP contribution in [0.4, 0.5) is 0 Å². The van der Waals surface area contributed by atoms with E-state index in [2.05, 4.69) is 39.4 Å². The minimum absolute atomic E-state index is 0.227. The molecular weight excluding hydrogens is 342 g/mol. The van der Waals surface area contributed by atoms with Gasteiger partial charge in [0, 0.05) is 25.2 Å². The zero-order valence-electron chi connectivity index (χ0n) is 16.1. The highest BCUT2D eigenvalue weighted by atomic mass is 16.5. The van der Waals surface area contributed by atoms with E-state index in [0.29, 0.717) is 6.61 Å². The molecule has 1 saturated heterocycles. The Morgan fingerprint density at radius 2 is 2.07 bits per heavy atom. The molecule has 0 radical (unpaired) electrons. The zero-order valence-corrected chi connectivity index (χ0v) is 16.1. The van der Waals surface area contributed by atoms with Crippen LogP contribution in [0.25, 0.3) is 5.69 Å². The lowest BCUT2D eigenvalue weighted by atomic mass is 10.2. The summed E-state index contributed by atoms with van der Waals surface area (Å²) < 4.78 is 13.1. The number of para-hydroxylation sites is 1. The van der Waals surface area contributed by atoms with Gasteiger partial charge in [-0.1, -0.05) is 28.6 Å². The third-order valence-electron chi connectivity index (χ3n) is 5.16. The first-order valence-corrected chi connectivity index (χ1v) is 9.33. The van der Waals surface area contributed by atoms with Gasteiger partial charge >= 0.3 is 0 Å². The van der Waals surface area contributed by atoms with Crippen molar-refractivity contribution in [1.29, 1.82) is 0 Å². The molecule has 1 aromatic carbocycles. The Hall–Kier alpha value is -2.51. The highest BCUT2D eigenvalue weighted by Gasteiger charge is 2.24. The quantitative estimate of drug-likeness (QED) is 0.667. The number of aromatic nitrogens is 4. The summed E-state index contributed by atoms with van der Waals surface area (Å²) in [5, 5.41) is 12.6. The van der Waals surface area contributed by atoms with Gasteiger partial charge in [0.15, 0.2) is 0 Å². The second-order valence-corrected chi connectivity index (χ2v) is 7.20. The molecule has 1 aliphatic rings. The number of nitrogens with zero attached hydrogens (tertiary/aromatic N) is 5. The fourth-order valence-electron chi connectivity index (χ4n) is 3.52. The van der Waals surface area contributed by atoms with Crippen LogP contribution in [0.2, 0.25) is 0 Å². The second-order valence-electron chi connectivity index (χ2n) is 7.20.